The quantitative estimate of drug-likeness (QED) is 0.405. The summed E-state index contributed by atoms with van der Waals surface area (Å²) in [4.78, 5) is 35.7. The first-order chi connectivity index (χ1) is 16.8. The highest BCUT2D eigenvalue weighted by Crippen LogP contribution is 2.44. The van der Waals surface area contributed by atoms with Gasteiger partial charge >= 0.3 is 12.1 Å². The number of carboxylic acids is 1. The monoisotopic (exact) mass is 478 g/mol. The Hall–Kier alpha value is -3.61. The summed E-state index contributed by atoms with van der Waals surface area (Å²) in [6.07, 6.45) is 1.81. The van der Waals surface area contributed by atoms with Crippen molar-refractivity contribution in [2.45, 2.75) is 39.5 Å². The van der Waals surface area contributed by atoms with Crippen LogP contribution >= 0.6 is 0 Å². The number of aliphatic carboxylic acids is 1. The largest absolute Gasteiger partial charge is 0.481 e. The third-order valence-corrected chi connectivity index (χ3v) is 6.18. The highest BCUT2D eigenvalue weighted by atomic mass is 16.5. The lowest BCUT2D eigenvalue weighted by Crippen LogP contribution is -2.32. The molecule has 0 spiro atoms. The van der Waals surface area contributed by atoms with E-state index in [4.69, 9.17) is 9.84 Å². The summed E-state index contributed by atoms with van der Waals surface area (Å²) in [6, 6.07) is 16.3. The van der Waals surface area contributed by atoms with E-state index >= 15 is 0 Å². The van der Waals surface area contributed by atoms with Gasteiger partial charge in [-0.2, -0.15) is 0 Å². The van der Waals surface area contributed by atoms with E-state index in [1.807, 2.05) is 38.1 Å². The Balaban J connectivity index is 1.46. The molecule has 1 unspecified atom stereocenters. The summed E-state index contributed by atoms with van der Waals surface area (Å²) < 4.78 is 5.50. The van der Waals surface area contributed by atoms with E-state index in [-0.39, 0.29) is 37.3 Å². The van der Waals surface area contributed by atoms with Crippen LogP contribution < -0.4 is 10.6 Å². The molecule has 1 aliphatic rings. The zero-order valence-corrected chi connectivity index (χ0v) is 20.5. The predicted molar refractivity (Wildman–Crippen MR) is 135 cm³/mol. The van der Waals surface area contributed by atoms with Gasteiger partial charge in [0.2, 0.25) is 5.91 Å². The lowest BCUT2D eigenvalue weighted by Gasteiger charge is -2.18. The van der Waals surface area contributed by atoms with Crippen LogP contribution in [-0.2, 0) is 14.3 Å². The molecular formula is C28H34N2O5. The molecule has 35 heavy (non-hydrogen) atoms. The summed E-state index contributed by atoms with van der Waals surface area (Å²) in [5.41, 5.74) is 5.07. The Morgan fingerprint density at radius 3 is 2.17 bits per heavy atom. The summed E-state index contributed by atoms with van der Waals surface area (Å²) in [5.74, 6) is -0.943. The Labute approximate surface area is 206 Å². The zero-order valence-electron chi connectivity index (χ0n) is 20.5. The molecule has 2 aromatic carbocycles. The standard InChI is InChI=1S/C28H34N2O5/c1-18(2)14-20(15-26(31)32)16-30-27(33)19(3)12-13-29-28(34)35-17-25-23-10-6-4-8-21(23)22-9-5-7-11-24(22)25/h4-12,18,20,25H,13-17H2,1-3H3,(H,29,34)(H,30,33)(H,31,32)/b19-12+. The van der Waals surface area contributed by atoms with E-state index < -0.39 is 12.1 Å². The molecule has 0 bridgehead atoms. The van der Waals surface area contributed by atoms with Gasteiger partial charge in [-0.1, -0.05) is 68.5 Å². The van der Waals surface area contributed by atoms with Crippen molar-refractivity contribution in [3.63, 3.8) is 0 Å². The van der Waals surface area contributed by atoms with Crippen molar-refractivity contribution in [2.24, 2.45) is 11.8 Å². The summed E-state index contributed by atoms with van der Waals surface area (Å²) in [6.45, 7) is 6.38. The second kappa shape index (κ2) is 12.2. The molecule has 186 valence electrons. The molecule has 2 aromatic rings. The normalized spacial score (nSPS) is 13.7. The van der Waals surface area contributed by atoms with E-state index in [1.54, 1.807) is 13.0 Å². The van der Waals surface area contributed by atoms with Gasteiger partial charge in [0.15, 0.2) is 0 Å². The number of amides is 2. The van der Waals surface area contributed by atoms with Crippen LogP contribution in [0.4, 0.5) is 4.79 Å². The molecule has 2 amide bonds. The first-order valence-corrected chi connectivity index (χ1v) is 12.0. The van der Waals surface area contributed by atoms with Crippen molar-refractivity contribution in [2.75, 3.05) is 19.7 Å². The Morgan fingerprint density at radius 1 is 1.00 bits per heavy atom. The van der Waals surface area contributed by atoms with Gasteiger partial charge in [0.05, 0.1) is 0 Å². The van der Waals surface area contributed by atoms with Crippen molar-refractivity contribution >= 4 is 18.0 Å². The smallest absolute Gasteiger partial charge is 0.407 e. The highest BCUT2D eigenvalue weighted by Gasteiger charge is 2.28. The minimum atomic E-state index is -0.871. The summed E-state index contributed by atoms with van der Waals surface area (Å²) >= 11 is 0. The lowest BCUT2D eigenvalue weighted by molar-refractivity contribution is -0.138. The summed E-state index contributed by atoms with van der Waals surface area (Å²) in [7, 11) is 0. The van der Waals surface area contributed by atoms with Crippen LogP contribution in [0.1, 0.15) is 50.7 Å². The van der Waals surface area contributed by atoms with Crippen molar-refractivity contribution in [1.29, 1.82) is 0 Å². The molecule has 7 heteroatoms. The van der Waals surface area contributed by atoms with E-state index in [0.29, 0.717) is 18.0 Å². The van der Waals surface area contributed by atoms with Crippen LogP contribution in [0.2, 0.25) is 0 Å². The van der Waals surface area contributed by atoms with Crippen molar-refractivity contribution < 1.29 is 24.2 Å². The molecule has 0 heterocycles. The van der Waals surface area contributed by atoms with Gasteiger partial charge in [-0.25, -0.2) is 4.79 Å². The third kappa shape index (κ3) is 7.18. The third-order valence-electron chi connectivity index (χ3n) is 6.18. The van der Waals surface area contributed by atoms with Crippen LogP contribution in [-0.4, -0.2) is 42.8 Å². The fourth-order valence-electron chi connectivity index (χ4n) is 4.56. The number of carbonyl (C=O) groups is 3. The maximum absolute atomic E-state index is 12.4. The maximum Gasteiger partial charge on any atom is 0.407 e. The maximum atomic E-state index is 12.4. The van der Waals surface area contributed by atoms with Crippen LogP contribution in [0.15, 0.2) is 60.2 Å². The zero-order chi connectivity index (χ0) is 25.4. The number of benzene rings is 2. The van der Waals surface area contributed by atoms with Gasteiger partial charge in [-0.05, 0) is 47.4 Å². The Kier molecular flexibility index (Phi) is 9.06. The van der Waals surface area contributed by atoms with Crippen LogP contribution in [0, 0.1) is 11.8 Å². The van der Waals surface area contributed by atoms with Crippen molar-refractivity contribution in [3.8, 4) is 11.1 Å². The topological polar surface area (TPSA) is 105 Å². The number of ether oxygens (including phenoxy) is 1. The molecule has 0 aliphatic heterocycles. The van der Waals surface area contributed by atoms with E-state index in [0.717, 1.165) is 17.5 Å². The Bertz CT molecular complexity index is 1050. The number of carboxylic acid groups (broad SMARTS) is 1. The summed E-state index contributed by atoms with van der Waals surface area (Å²) in [5, 5.41) is 14.5. The first kappa shape index (κ1) is 26.0. The molecule has 3 rings (SSSR count). The van der Waals surface area contributed by atoms with Gasteiger partial charge in [-0.3, -0.25) is 9.59 Å². The van der Waals surface area contributed by atoms with Crippen LogP contribution in [0.25, 0.3) is 11.1 Å². The van der Waals surface area contributed by atoms with E-state index in [1.165, 1.54) is 11.1 Å². The number of hydrogen-bond donors (Lipinski definition) is 3. The molecule has 0 aromatic heterocycles. The van der Waals surface area contributed by atoms with Crippen molar-refractivity contribution in [1.82, 2.24) is 10.6 Å². The predicted octanol–water partition coefficient (Wildman–Crippen LogP) is 4.72. The number of rotatable bonds is 11. The molecule has 1 aliphatic carbocycles. The highest BCUT2D eigenvalue weighted by molar-refractivity contribution is 5.92. The fraction of sp³-hybridized carbons (Fsp3) is 0.393. The fourth-order valence-corrected chi connectivity index (χ4v) is 4.56. The molecule has 0 radical (unpaired) electrons. The first-order valence-electron chi connectivity index (χ1n) is 12.0. The van der Waals surface area contributed by atoms with Gasteiger partial charge in [0.1, 0.15) is 6.61 Å². The lowest BCUT2D eigenvalue weighted by atomic mass is 9.94. The molecule has 7 nitrogen and oxygen atoms in total. The molecule has 1 atom stereocenters. The van der Waals surface area contributed by atoms with Gasteiger partial charge in [0, 0.05) is 31.0 Å². The average molecular weight is 479 g/mol. The van der Waals surface area contributed by atoms with E-state index in [2.05, 4.69) is 34.9 Å². The van der Waals surface area contributed by atoms with Gasteiger partial charge in [-0.15, -0.1) is 0 Å². The second-order valence-electron chi connectivity index (χ2n) is 9.40. The number of hydrogen-bond acceptors (Lipinski definition) is 4. The molecule has 0 saturated carbocycles. The average Bonchev–Trinajstić information content (AvgIpc) is 3.14. The van der Waals surface area contributed by atoms with Gasteiger partial charge in [0.25, 0.3) is 0 Å². The number of fused-ring (bicyclic) bond motifs is 3. The minimum Gasteiger partial charge on any atom is -0.481 e. The second-order valence-corrected chi connectivity index (χ2v) is 9.40. The molecular weight excluding hydrogens is 444 g/mol. The number of alkyl carbamates (subject to hydrolysis) is 1. The van der Waals surface area contributed by atoms with E-state index in [9.17, 15) is 14.4 Å². The van der Waals surface area contributed by atoms with Crippen LogP contribution in [0.3, 0.4) is 0 Å². The molecule has 0 fully saturated rings. The van der Waals surface area contributed by atoms with Crippen LogP contribution in [0.5, 0.6) is 0 Å². The Morgan fingerprint density at radius 2 is 1.60 bits per heavy atom. The van der Waals surface area contributed by atoms with Crippen molar-refractivity contribution in [3.05, 3.63) is 71.3 Å². The molecule has 0 saturated heterocycles. The minimum absolute atomic E-state index is 0.0132. The van der Waals surface area contributed by atoms with Gasteiger partial charge < -0.3 is 20.5 Å². The SMILES string of the molecule is C/C(=C\CNC(=O)OCC1c2ccccc2-c2ccccc21)C(=O)NCC(CC(=O)O)CC(C)C. The number of nitrogens with one attached hydrogen (secondary N) is 2. The molecule has 3 N–H and O–H groups in total. The number of carbonyl (C=O) groups excluding carboxylic acids is 2.